The van der Waals surface area contributed by atoms with Crippen molar-refractivity contribution in [1.82, 2.24) is 14.1 Å². The lowest BCUT2D eigenvalue weighted by Crippen LogP contribution is -2.33. The average molecular weight is 510 g/mol. The summed E-state index contributed by atoms with van der Waals surface area (Å²) in [4.78, 5) is 11.1. The fourth-order valence-electron chi connectivity index (χ4n) is 3.94. The number of sulfonamides is 1. The van der Waals surface area contributed by atoms with E-state index < -0.39 is 22.0 Å². The molecule has 3 aromatic rings. The van der Waals surface area contributed by atoms with Crippen LogP contribution in [0.1, 0.15) is 30.1 Å². The highest BCUT2D eigenvalue weighted by molar-refractivity contribution is 7.89. The highest BCUT2D eigenvalue weighted by atomic mass is 35.5. The molecule has 0 bridgehead atoms. The molecular formula is C22H21Cl2N3O5S. The Morgan fingerprint density at radius 2 is 1.94 bits per heavy atom. The van der Waals surface area contributed by atoms with Crippen molar-refractivity contribution in [3.05, 3.63) is 70.0 Å². The maximum absolute atomic E-state index is 13.4. The maximum atomic E-state index is 13.4. The molecule has 2 aromatic carbocycles. The molecule has 1 atom stereocenters. The number of halogens is 2. The molecule has 0 radical (unpaired) electrons. The van der Waals surface area contributed by atoms with Crippen molar-refractivity contribution < 1.29 is 23.1 Å². The van der Waals surface area contributed by atoms with Crippen molar-refractivity contribution >= 4 is 39.2 Å². The van der Waals surface area contributed by atoms with E-state index in [1.807, 2.05) is 0 Å². The lowest BCUT2D eigenvalue weighted by Gasteiger charge is -2.31. The van der Waals surface area contributed by atoms with Crippen molar-refractivity contribution in [3.8, 4) is 11.5 Å². The van der Waals surface area contributed by atoms with Gasteiger partial charge in [0, 0.05) is 18.3 Å². The van der Waals surface area contributed by atoms with Crippen LogP contribution in [0.25, 0.3) is 0 Å². The quantitative estimate of drug-likeness (QED) is 0.492. The van der Waals surface area contributed by atoms with E-state index in [0.29, 0.717) is 30.0 Å². The van der Waals surface area contributed by atoms with Gasteiger partial charge in [0.05, 0.1) is 27.2 Å². The Bertz CT molecular complexity index is 1310. The van der Waals surface area contributed by atoms with Gasteiger partial charge >= 0.3 is 5.97 Å². The van der Waals surface area contributed by atoms with Crippen LogP contribution in [0.2, 0.25) is 10.0 Å². The van der Waals surface area contributed by atoms with E-state index in [1.165, 1.54) is 34.2 Å². The molecule has 0 saturated carbocycles. The van der Waals surface area contributed by atoms with Gasteiger partial charge in [0.1, 0.15) is 18.0 Å². The number of rotatable bonds is 7. The Morgan fingerprint density at radius 3 is 2.64 bits per heavy atom. The molecule has 8 nitrogen and oxygen atoms in total. The molecule has 0 aliphatic heterocycles. The van der Waals surface area contributed by atoms with Crippen molar-refractivity contribution in [1.29, 1.82) is 0 Å². The van der Waals surface area contributed by atoms with Gasteiger partial charge in [-0.3, -0.25) is 9.48 Å². The summed E-state index contributed by atoms with van der Waals surface area (Å²) in [5, 5.41) is 13.8. The molecule has 11 heteroatoms. The SMILES string of the molecule is CN([C@@H]1CCCc2c1cnn2CC(=O)O)S(=O)(=O)c1ccc(Oc2ccccc2Cl)c(Cl)c1. The molecule has 0 unspecified atom stereocenters. The Kier molecular flexibility index (Phi) is 6.67. The van der Waals surface area contributed by atoms with Crippen LogP contribution in [0, 0.1) is 0 Å². The van der Waals surface area contributed by atoms with E-state index in [4.69, 9.17) is 33.0 Å². The highest BCUT2D eigenvalue weighted by Gasteiger charge is 2.34. The second-order valence-corrected chi connectivity index (χ2v) is 10.5. The van der Waals surface area contributed by atoms with E-state index >= 15 is 0 Å². The monoisotopic (exact) mass is 509 g/mol. The second-order valence-electron chi connectivity index (χ2n) is 7.65. The first-order valence-electron chi connectivity index (χ1n) is 10.1. The smallest absolute Gasteiger partial charge is 0.325 e. The lowest BCUT2D eigenvalue weighted by atomic mass is 9.93. The summed E-state index contributed by atoms with van der Waals surface area (Å²) < 4.78 is 35.2. The van der Waals surface area contributed by atoms with Crippen LogP contribution in [-0.4, -0.2) is 40.6 Å². The van der Waals surface area contributed by atoms with E-state index in [9.17, 15) is 13.2 Å². The fraction of sp³-hybridized carbons (Fsp3) is 0.273. The van der Waals surface area contributed by atoms with Crippen molar-refractivity contribution in [2.45, 2.75) is 36.7 Å². The predicted molar refractivity (Wildman–Crippen MR) is 123 cm³/mol. The normalized spacial score (nSPS) is 15.9. The maximum Gasteiger partial charge on any atom is 0.325 e. The van der Waals surface area contributed by atoms with E-state index in [0.717, 1.165) is 11.3 Å². The number of aliphatic carboxylic acids is 1. The Morgan fingerprint density at radius 1 is 1.21 bits per heavy atom. The standard InChI is InChI=1S/C22H21Cl2N3O5S/c1-26(18-6-4-7-19-15(18)12-25-27(19)13-22(28)29)33(30,31)14-9-10-21(17(24)11-14)32-20-8-3-2-5-16(20)23/h2-3,5,8-12,18H,4,6-7,13H2,1H3,(H,28,29)/t18-/m1/s1. The number of benzene rings is 2. The van der Waals surface area contributed by atoms with E-state index in [2.05, 4.69) is 5.10 Å². The number of carboxylic acid groups (broad SMARTS) is 1. The van der Waals surface area contributed by atoms with Crippen LogP contribution in [-0.2, 0) is 27.8 Å². The first kappa shape index (κ1) is 23.6. The number of nitrogens with zero attached hydrogens (tertiary/aromatic N) is 3. The van der Waals surface area contributed by atoms with Gasteiger partial charge in [0.15, 0.2) is 0 Å². The predicted octanol–water partition coefficient (Wildman–Crippen LogP) is 4.76. The first-order valence-corrected chi connectivity index (χ1v) is 12.3. The Hall–Kier alpha value is -2.59. The number of hydrogen-bond acceptors (Lipinski definition) is 5. The van der Waals surface area contributed by atoms with Crippen LogP contribution >= 0.6 is 23.2 Å². The van der Waals surface area contributed by atoms with Crippen LogP contribution in [0.15, 0.2) is 53.6 Å². The number of hydrogen-bond donors (Lipinski definition) is 1. The van der Waals surface area contributed by atoms with Gasteiger partial charge < -0.3 is 9.84 Å². The molecule has 1 aliphatic rings. The first-order chi connectivity index (χ1) is 15.7. The molecule has 0 saturated heterocycles. The zero-order valence-corrected chi connectivity index (χ0v) is 19.9. The summed E-state index contributed by atoms with van der Waals surface area (Å²) in [6.45, 7) is -0.263. The van der Waals surface area contributed by atoms with Crippen LogP contribution in [0.3, 0.4) is 0 Å². The molecule has 1 aromatic heterocycles. The number of para-hydroxylation sites is 1. The van der Waals surface area contributed by atoms with Crippen molar-refractivity contribution in [3.63, 3.8) is 0 Å². The van der Waals surface area contributed by atoms with Crippen molar-refractivity contribution in [2.24, 2.45) is 0 Å². The van der Waals surface area contributed by atoms with E-state index in [1.54, 1.807) is 30.5 Å². The third-order valence-corrected chi connectivity index (χ3v) is 8.06. The van der Waals surface area contributed by atoms with Crippen LogP contribution < -0.4 is 4.74 Å². The summed E-state index contributed by atoms with van der Waals surface area (Å²) >= 11 is 12.5. The summed E-state index contributed by atoms with van der Waals surface area (Å²) in [6.07, 6.45) is 3.52. The minimum absolute atomic E-state index is 0.0200. The largest absolute Gasteiger partial charge is 0.480 e. The third-order valence-electron chi connectivity index (χ3n) is 5.59. The molecule has 0 fully saturated rings. The molecule has 1 N–H and O–H groups in total. The number of fused-ring (bicyclic) bond motifs is 1. The highest BCUT2D eigenvalue weighted by Crippen LogP contribution is 2.39. The fourth-order valence-corrected chi connectivity index (χ4v) is 5.79. The molecule has 1 aliphatic carbocycles. The molecule has 0 amide bonds. The molecule has 0 spiro atoms. The lowest BCUT2D eigenvalue weighted by molar-refractivity contribution is -0.137. The molecular weight excluding hydrogens is 489 g/mol. The number of carbonyl (C=O) groups is 1. The van der Waals surface area contributed by atoms with Gasteiger partial charge in [0.25, 0.3) is 0 Å². The van der Waals surface area contributed by atoms with Gasteiger partial charge in [-0.25, -0.2) is 8.42 Å². The minimum Gasteiger partial charge on any atom is -0.480 e. The average Bonchev–Trinajstić information content (AvgIpc) is 3.18. The molecule has 33 heavy (non-hydrogen) atoms. The van der Waals surface area contributed by atoms with Crippen LogP contribution in [0.5, 0.6) is 11.5 Å². The topological polar surface area (TPSA) is 102 Å². The molecule has 1 heterocycles. The zero-order chi connectivity index (χ0) is 23.8. The molecule has 4 rings (SSSR count). The van der Waals surface area contributed by atoms with Crippen molar-refractivity contribution in [2.75, 3.05) is 7.05 Å². The minimum atomic E-state index is -3.90. The Balaban J connectivity index is 1.60. The summed E-state index contributed by atoms with van der Waals surface area (Å²) in [7, 11) is -2.40. The number of carboxylic acids is 1. The summed E-state index contributed by atoms with van der Waals surface area (Å²) in [6, 6.07) is 10.7. The zero-order valence-electron chi connectivity index (χ0n) is 17.6. The number of ether oxygens (including phenoxy) is 1. The Labute approximate surface area is 201 Å². The molecule has 174 valence electrons. The second kappa shape index (κ2) is 9.34. The van der Waals surface area contributed by atoms with Gasteiger partial charge in [-0.15, -0.1) is 0 Å². The van der Waals surface area contributed by atoms with E-state index in [-0.39, 0.29) is 22.2 Å². The van der Waals surface area contributed by atoms with Gasteiger partial charge in [0.2, 0.25) is 10.0 Å². The van der Waals surface area contributed by atoms with Crippen LogP contribution in [0.4, 0.5) is 0 Å². The summed E-state index contributed by atoms with van der Waals surface area (Å²) in [5.74, 6) is -0.319. The van der Waals surface area contributed by atoms with Gasteiger partial charge in [-0.1, -0.05) is 35.3 Å². The third kappa shape index (κ3) is 4.72. The van der Waals surface area contributed by atoms with Gasteiger partial charge in [-0.2, -0.15) is 9.40 Å². The number of aromatic nitrogens is 2. The summed E-state index contributed by atoms with van der Waals surface area (Å²) in [5.41, 5.74) is 1.47. The van der Waals surface area contributed by atoms with Gasteiger partial charge in [-0.05, 0) is 49.6 Å².